The average Bonchev–Trinajstić information content (AvgIpc) is 2.99. The maximum atomic E-state index is 11.9. The molecule has 0 aliphatic rings. The molecule has 2 aromatic carbocycles. The molecule has 0 spiro atoms. The minimum atomic E-state index is -0.921. The zero-order chi connectivity index (χ0) is 19.4. The Morgan fingerprint density at radius 2 is 2.04 bits per heavy atom. The van der Waals surface area contributed by atoms with Crippen molar-refractivity contribution in [1.29, 1.82) is 0 Å². The lowest BCUT2D eigenvalue weighted by molar-refractivity contribution is 0.0684. The molecule has 3 aromatic rings. The fraction of sp³-hybridized carbons (Fsp3) is 0.286. The maximum absolute atomic E-state index is 11.9. The van der Waals surface area contributed by atoms with Crippen molar-refractivity contribution in [1.82, 2.24) is 9.88 Å². The molecule has 1 heterocycles. The van der Waals surface area contributed by atoms with Gasteiger partial charge in [0, 0.05) is 35.1 Å². The summed E-state index contributed by atoms with van der Waals surface area (Å²) in [6.07, 6.45) is 0.780. The largest absolute Gasteiger partial charge is 0.497 e. The highest BCUT2D eigenvalue weighted by Crippen LogP contribution is 2.30. The fourth-order valence-corrected chi connectivity index (χ4v) is 3.65. The first-order chi connectivity index (χ1) is 13.1. The van der Waals surface area contributed by atoms with E-state index in [-0.39, 0.29) is 0 Å². The first-order valence-corrected chi connectivity index (χ1v) is 9.31. The number of rotatable bonds is 8. The van der Waals surface area contributed by atoms with E-state index in [0.29, 0.717) is 31.1 Å². The minimum absolute atomic E-state index is 0.325. The maximum Gasteiger partial charge on any atom is 0.352 e. The molecule has 0 aliphatic carbocycles. The molecule has 6 heteroatoms. The van der Waals surface area contributed by atoms with Crippen molar-refractivity contribution in [3.63, 3.8) is 0 Å². The van der Waals surface area contributed by atoms with E-state index in [4.69, 9.17) is 16.3 Å². The molecule has 0 atom stereocenters. The van der Waals surface area contributed by atoms with E-state index in [0.717, 1.165) is 33.5 Å². The Morgan fingerprint density at radius 1 is 1.26 bits per heavy atom. The number of carboxylic acid groups (broad SMARTS) is 1. The van der Waals surface area contributed by atoms with Gasteiger partial charge in [-0.3, -0.25) is 0 Å². The molecule has 2 N–H and O–H groups in total. The predicted octanol–water partition coefficient (Wildman–Crippen LogP) is 4.35. The highest BCUT2D eigenvalue weighted by molar-refractivity contribution is 6.31. The van der Waals surface area contributed by atoms with Gasteiger partial charge in [-0.25, -0.2) is 4.79 Å². The molecule has 0 bridgehead atoms. The number of hydrogen-bond donors (Lipinski definition) is 2. The van der Waals surface area contributed by atoms with Crippen molar-refractivity contribution >= 4 is 28.5 Å². The van der Waals surface area contributed by atoms with Crippen molar-refractivity contribution < 1.29 is 14.6 Å². The first kappa shape index (κ1) is 19.3. The number of benzene rings is 2. The molecule has 0 amide bonds. The zero-order valence-electron chi connectivity index (χ0n) is 15.5. The van der Waals surface area contributed by atoms with Crippen LogP contribution >= 0.6 is 11.6 Å². The number of methoxy groups -OCH3 is 1. The molecule has 5 nitrogen and oxygen atoms in total. The van der Waals surface area contributed by atoms with Crippen LogP contribution in [0.25, 0.3) is 10.9 Å². The highest BCUT2D eigenvalue weighted by Gasteiger charge is 2.21. The second kappa shape index (κ2) is 8.46. The lowest BCUT2D eigenvalue weighted by Gasteiger charge is -2.08. The number of halogens is 1. The summed E-state index contributed by atoms with van der Waals surface area (Å²) in [6, 6.07) is 13.4. The molecule has 142 valence electrons. The van der Waals surface area contributed by atoms with Gasteiger partial charge in [-0.15, -0.1) is 0 Å². The number of ether oxygens (including phenoxy) is 1. The molecule has 0 aliphatic heterocycles. The number of fused-ring (bicyclic) bond motifs is 1. The van der Waals surface area contributed by atoms with Gasteiger partial charge in [0.25, 0.3) is 0 Å². The third kappa shape index (κ3) is 3.94. The number of aromatic carboxylic acids is 1. The number of nitrogens with one attached hydrogen (secondary N) is 1. The number of nitrogens with zero attached hydrogens (tertiary/aromatic N) is 1. The molecule has 0 radical (unpaired) electrons. The third-order valence-electron chi connectivity index (χ3n) is 4.73. The van der Waals surface area contributed by atoms with Gasteiger partial charge in [0.05, 0.1) is 12.6 Å². The van der Waals surface area contributed by atoms with Crippen LogP contribution in [0.3, 0.4) is 0 Å². The number of hydrogen-bond acceptors (Lipinski definition) is 3. The van der Waals surface area contributed by atoms with Crippen LogP contribution in [0, 0.1) is 0 Å². The smallest absolute Gasteiger partial charge is 0.352 e. The summed E-state index contributed by atoms with van der Waals surface area (Å²) in [7, 11) is 1.61. The van der Waals surface area contributed by atoms with Crippen LogP contribution in [-0.4, -0.2) is 29.3 Å². The second-order valence-corrected chi connectivity index (χ2v) is 6.69. The van der Waals surface area contributed by atoms with Crippen molar-refractivity contribution in [2.24, 2.45) is 0 Å². The third-order valence-corrected chi connectivity index (χ3v) is 5.09. The Balaban J connectivity index is 1.85. The van der Waals surface area contributed by atoms with Crippen molar-refractivity contribution in [3.05, 3.63) is 64.3 Å². The van der Waals surface area contributed by atoms with Crippen LogP contribution < -0.4 is 10.1 Å². The lowest BCUT2D eigenvalue weighted by Crippen LogP contribution is -2.19. The van der Waals surface area contributed by atoms with Crippen LogP contribution in [0.15, 0.2) is 42.5 Å². The summed E-state index contributed by atoms with van der Waals surface area (Å²) in [5.41, 5.74) is 3.06. The summed E-state index contributed by atoms with van der Waals surface area (Å²) in [5, 5.41) is 14.8. The standard InChI is InChI=1S/C21H23ClN2O3/c1-3-24-19-12-15(27-2)8-9-16(19)17(20(24)21(25)26)13-23-11-10-14-6-4-5-7-18(14)22/h4-9,12,23H,3,10-11,13H2,1-2H3,(H,25,26). The number of aryl methyl sites for hydroxylation is 1. The van der Waals surface area contributed by atoms with E-state index in [1.807, 2.05) is 54.0 Å². The van der Waals surface area contributed by atoms with Crippen molar-refractivity contribution in [2.75, 3.05) is 13.7 Å². The van der Waals surface area contributed by atoms with Crippen LogP contribution in [0.5, 0.6) is 5.75 Å². The normalized spacial score (nSPS) is 11.1. The van der Waals surface area contributed by atoms with Gasteiger partial charge in [-0.2, -0.15) is 0 Å². The van der Waals surface area contributed by atoms with E-state index in [1.165, 1.54) is 0 Å². The van der Waals surface area contributed by atoms with Gasteiger partial charge in [0.2, 0.25) is 0 Å². The van der Waals surface area contributed by atoms with Gasteiger partial charge in [0.15, 0.2) is 0 Å². The average molecular weight is 387 g/mol. The van der Waals surface area contributed by atoms with Crippen molar-refractivity contribution in [3.8, 4) is 5.75 Å². The molecule has 0 fully saturated rings. The predicted molar refractivity (Wildman–Crippen MR) is 108 cm³/mol. The Kier molecular flexibility index (Phi) is 6.04. The summed E-state index contributed by atoms with van der Waals surface area (Å²) in [4.78, 5) is 11.9. The van der Waals surface area contributed by atoms with E-state index in [2.05, 4.69) is 5.32 Å². The Labute approximate surface area is 163 Å². The number of carbonyl (C=O) groups is 1. The molecule has 1 aromatic heterocycles. The molecule has 27 heavy (non-hydrogen) atoms. The van der Waals surface area contributed by atoms with E-state index >= 15 is 0 Å². The first-order valence-electron chi connectivity index (χ1n) is 8.93. The molecule has 3 rings (SSSR count). The van der Waals surface area contributed by atoms with Gasteiger partial charge in [-0.05, 0) is 43.7 Å². The molecule has 0 unspecified atom stereocenters. The highest BCUT2D eigenvalue weighted by atomic mass is 35.5. The van der Waals surface area contributed by atoms with E-state index < -0.39 is 5.97 Å². The minimum Gasteiger partial charge on any atom is -0.497 e. The number of carboxylic acids is 1. The molecule has 0 saturated carbocycles. The summed E-state index contributed by atoms with van der Waals surface area (Å²) >= 11 is 6.20. The summed E-state index contributed by atoms with van der Waals surface area (Å²) in [6.45, 7) is 3.70. The van der Waals surface area contributed by atoms with Gasteiger partial charge in [0.1, 0.15) is 11.4 Å². The topological polar surface area (TPSA) is 63.5 Å². The van der Waals surface area contributed by atoms with Crippen LogP contribution in [0.2, 0.25) is 5.02 Å². The molecular weight excluding hydrogens is 364 g/mol. The van der Waals surface area contributed by atoms with Gasteiger partial charge in [-0.1, -0.05) is 29.8 Å². The Morgan fingerprint density at radius 3 is 2.70 bits per heavy atom. The second-order valence-electron chi connectivity index (χ2n) is 6.28. The SMILES string of the molecule is CCn1c(C(=O)O)c(CNCCc2ccccc2Cl)c2ccc(OC)cc21. The zero-order valence-corrected chi connectivity index (χ0v) is 16.2. The number of aromatic nitrogens is 1. The van der Waals surface area contributed by atoms with Crippen molar-refractivity contribution in [2.45, 2.75) is 26.4 Å². The van der Waals surface area contributed by atoms with Gasteiger partial charge >= 0.3 is 5.97 Å². The Hall–Kier alpha value is -2.50. The van der Waals surface area contributed by atoms with E-state index in [9.17, 15) is 9.90 Å². The fourth-order valence-electron chi connectivity index (χ4n) is 3.42. The quantitative estimate of drug-likeness (QED) is 0.565. The van der Waals surface area contributed by atoms with E-state index in [1.54, 1.807) is 7.11 Å². The lowest BCUT2D eigenvalue weighted by atomic mass is 10.1. The summed E-state index contributed by atoms with van der Waals surface area (Å²) in [5.74, 6) is -0.209. The van der Waals surface area contributed by atoms with Crippen LogP contribution in [0.1, 0.15) is 28.5 Å². The molecule has 0 saturated heterocycles. The summed E-state index contributed by atoms with van der Waals surface area (Å²) < 4.78 is 7.13. The van der Waals surface area contributed by atoms with Gasteiger partial charge < -0.3 is 19.7 Å². The van der Waals surface area contributed by atoms with Crippen LogP contribution in [0.4, 0.5) is 0 Å². The monoisotopic (exact) mass is 386 g/mol. The molecular formula is C21H23ClN2O3. The Bertz CT molecular complexity index is 965. The van der Waals surface area contributed by atoms with Crippen LogP contribution in [-0.2, 0) is 19.5 Å².